The molecule has 0 aliphatic carbocycles. The van der Waals surface area contributed by atoms with E-state index >= 15 is 0 Å². The molecular formula is C12H24N2O2. The molecule has 1 N–H and O–H groups in total. The molecule has 4 heteroatoms. The van der Waals surface area contributed by atoms with Crippen molar-refractivity contribution in [1.82, 2.24) is 9.80 Å². The summed E-state index contributed by atoms with van der Waals surface area (Å²) in [6.07, 6.45) is 3.10. The first-order chi connectivity index (χ1) is 7.52. The van der Waals surface area contributed by atoms with Gasteiger partial charge in [0.05, 0.1) is 12.1 Å². The second-order valence-electron chi connectivity index (χ2n) is 4.85. The number of aliphatic hydroxyl groups excluding tert-OH is 1. The Bertz CT molecular complexity index is 225. The van der Waals surface area contributed by atoms with Crippen LogP contribution in [-0.4, -0.2) is 59.6 Å². The summed E-state index contributed by atoms with van der Waals surface area (Å²) in [5.74, 6) is 0.197. The summed E-state index contributed by atoms with van der Waals surface area (Å²) < 4.78 is 0. The summed E-state index contributed by atoms with van der Waals surface area (Å²) in [6.45, 7) is 5.99. The Hall–Kier alpha value is -0.610. The van der Waals surface area contributed by atoms with Crippen LogP contribution in [0.4, 0.5) is 0 Å². The lowest BCUT2D eigenvalue weighted by atomic mass is 10.1. The molecule has 0 aromatic carbocycles. The van der Waals surface area contributed by atoms with E-state index in [-0.39, 0.29) is 18.1 Å². The Balaban J connectivity index is 2.45. The second kappa shape index (κ2) is 6.21. The van der Waals surface area contributed by atoms with Crippen LogP contribution in [0, 0.1) is 0 Å². The van der Waals surface area contributed by atoms with Gasteiger partial charge in [-0.15, -0.1) is 0 Å². The van der Waals surface area contributed by atoms with Gasteiger partial charge < -0.3 is 10.0 Å². The molecule has 0 saturated carbocycles. The number of carbonyl (C=O) groups is 1. The van der Waals surface area contributed by atoms with Crippen molar-refractivity contribution in [3.05, 3.63) is 0 Å². The number of hydrogen-bond acceptors (Lipinski definition) is 3. The molecule has 1 aliphatic heterocycles. The van der Waals surface area contributed by atoms with Gasteiger partial charge in [-0.3, -0.25) is 9.69 Å². The van der Waals surface area contributed by atoms with Crippen molar-refractivity contribution in [2.45, 2.75) is 45.3 Å². The first-order valence-electron chi connectivity index (χ1n) is 6.19. The van der Waals surface area contributed by atoms with Crippen molar-refractivity contribution in [3.8, 4) is 0 Å². The minimum atomic E-state index is -0.387. The number of rotatable bonds is 4. The van der Waals surface area contributed by atoms with Crippen LogP contribution in [0.25, 0.3) is 0 Å². The van der Waals surface area contributed by atoms with Crippen molar-refractivity contribution in [2.75, 3.05) is 26.7 Å². The molecule has 0 radical (unpaired) electrons. The number of nitrogens with zero attached hydrogens (tertiary/aromatic N) is 2. The smallest absolute Gasteiger partial charge is 0.239 e. The predicted molar refractivity (Wildman–Crippen MR) is 64.2 cm³/mol. The van der Waals surface area contributed by atoms with Gasteiger partial charge in [0.15, 0.2) is 0 Å². The van der Waals surface area contributed by atoms with Crippen molar-refractivity contribution >= 4 is 5.91 Å². The zero-order valence-electron chi connectivity index (χ0n) is 10.6. The Morgan fingerprint density at radius 2 is 1.88 bits per heavy atom. The molecule has 1 saturated heterocycles. The average Bonchev–Trinajstić information content (AvgIpc) is 2.27. The van der Waals surface area contributed by atoms with Gasteiger partial charge in [0.1, 0.15) is 0 Å². The van der Waals surface area contributed by atoms with Crippen LogP contribution in [0.3, 0.4) is 0 Å². The Morgan fingerprint density at radius 3 is 2.38 bits per heavy atom. The van der Waals surface area contributed by atoms with Crippen molar-refractivity contribution in [1.29, 1.82) is 0 Å². The molecule has 1 heterocycles. The SMILES string of the molecule is CC(O)CN(C)C(C)C(=O)N1CCCCC1. The van der Waals surface area contributed by atoms with Gasteiger partial charge in [-0.2, -0.15) is 0 Å². The monoisotopic (exact) mass is 228 g/mol. The summed E-state index contributed by atoms with van der Waals surface area (Å²) in [4.78, 5) is 16.0. The summed E-state index contributed by atoms with van der Waals surface area (Å²) in [5.41, 5.74) is 0. The predicted octanol–water partition coefficient (Wildman–Crippen LogP) is 0.700. The maximum atomic E-state index is 12.1. The van der Waals surface area contributed by atoms with Gasteiger partial charge in [-0.05, 0) is 40.2 Å². The van der Waals surface area contributed by atoms with E-state index < -0.39 is 0 Å². The highest BCUT2D eigenvalue weighted by Gasteiger charge is 2.25. The molecule has 0 bridgehead atoms. The van der Waals surface area contributed by atoms with Gasteiger partial charge in [-0.1, -0.05) is 0 Å². The van der Waals surface area contributed by atoms with Crippen molar-refractivity contribution in [3.63, 3.8) is 0 Å². The number of likely N-dealkylation sites (tertiary alicyclic amines) is 1. The molecule has 94 valence electrons. The van der Waals surface area contributed by atoms with E-state index in [1.807, 2.05) is 23.8 Å². The topological polar surface area (TPSA) is 43.8 Å². The first-order valence-corrected chi connectivity index (χ1v) is 6.19. The van der Waals surface area contributed by atoms with Crippen molar-refractivity contribution in [2.24, 2.45) is 0 Å². The van der Waals surface area contributed by atoms with Crippen LogP contribution in [0.15, 0.2) is 0 Å². The Labute approximate surface area is 98.2 Å². The average molecular weight is 228 g/mol. The molecule has 16 heavy (non-hydrogen) atoms. The number of likely N-dealkylation sites (N-methyl/N-ethyl adjacent to an activating group) is 1. The first kappa shape index (κ1) is 13.5. The molecule has 2 atom stereocenters. The van der Waals surface area contributed by atoms with Crippen LogP contribution >= 0.6 is 0 Å². The fraction of sp³-hybridized carbons (Fsp3) is 0.917. The third-order valence-electron chi connectivity index (χ3n) is 3.24. The highest BCUT2D eigenvalue weighted by molar-refractivity contribution is 5.81. The minimum absolute atomic E-state index is 0.132. The summed E-state index contributed by atoms with van der Waals surface area (Å²) in [5, 5.41) is 9.30. The number of carbonyl (C=O) groups excluding carboxylic acids is 1. The lowest BCUT2D eigenvalue weighted by molar-refractivity contribution is -0.137. The molecule has 1 rings (SSSR count). The third-order valence-corrected chi connectivity index (χ3v) is 3.24. The summed E-state index contributed by atoms with van der Waals surface area (Å²) >= 11 is 0. The van der Waals surface area contributed by atoms with E-state index in [0.717, 1.165) is 25.9 Å². The lowest BCUT2D eigenvalue weighted by Crippen LogP contribution is -2.48. The summed E-state index contributed by atoms with van der Waals surface area (Å²) in [6, 6.07) is -0.132. The van der Waals surface area contributed by atoms with Crippen LogP contribution in [0.2, 0.25) is 0 Å². The molecule has 1 fully saturated rings. The fourth-order valence-electron chi connectivity index (χ4n) is 2.14. The molecular weight excluding hydrogens is 204 g/mol. The lowest BCUT2D eigenvalue weighted by Gasteiger charge is -2.33. The van der Waals surface area contributed by atoms with E-state index in [4.69, 9.17) is 0 Å². The Morgan fingerprint density at radius 1 is 1.31 bits per heavy atom. The zero-order chi connectivity index (χ0) is 12.1. The molecule has 0 aromatic heterocycles. The number of piperidine rings is 1. The van der Waals surface area contributed by atoms with E-state index in [0.29, 0.717) is 6.54 Å². The highest BCUT2D eigenvalue weighted by Crippen LogP contribution is 2.11. The van der Waals surface area contributed by atoms with E-state index in [1.54, 1.807) is 6.92 Å². The third kappa shape index (κ3) is 3.76. The second-order valence-corrected chi connectivity index (χ2v) is 4.85. The molecule has 1 amide bonds. The van der Waals surface area contributed by atoms with Gasteiger partial charge in [0.25, 0.3) is 0 Å². The number of aliphatic hydroxyl groups is 1. The molecule has 1 aliphatic rings. The highest BCUT2D eigenvalue weighted by atomic mass is 16.3. The fourth-order valence-corrected chi connectivity index (χ4v) is 2.14. The van der Waals surface area contributed by atoms with Crippen LogP contribution in [-0.2, 0) is 4.79 Å². The van der Waals surface area contributed by atoms with E-state index in [2.05, 4.69) is 0 Å². The molecule has 2 unspecified atom stereocenters. The van der Waals surface area contributed by atoms with E-state index in [1.165, 1.54) is 6.42 Å². The maximum absolute atomic E-state index is 12.1. The number of amides is 1. The standard InChI is InChI=1S/C12H24N2O2/c1-10(15)9-13(3)11(2)12(16)14-7-5-4-6-8-14/h10-11,15H,4-9H2,1-3H3. The number of hydrogen-bond donors (Lipinski definition) is 1. The normalized spacial score (nSPS) is 20.9. The maximum Gasteiger partial charge on any atom is 0.239 e. The van der Waals surface area contributed by atoms with Gasteiger partial charge in [0.2, 0.25) is 5.91 Å². The zero-order valence-corrected chi connectivity index (χ0v) is 10.6. The van der Waals surface area contributed by atoms with Crippen LogP contribution in [0.1, 0.15) is 33.1 Å². The largest absolute Gasteiger partial charge is 0.392 e. The molecule has 4 nitrogen and oxygen atoms in total. The van der Waals surface area contributed by atoms with Crippen LogP contribution in [0.5, 0.6) is 0 Å². The minimum Gasteiger partial charge on any atom is -0.392 e. The van der Waals surface area contributed by atoms with Crippen LogP contribution < -0.4 is 0 Å². The molecule has 0 aromatic rings. The Kier molecular flexibility index (Phi) is 5.22. The van der Waals surface area contributed by atoms with Gasteiger partial charge in [-0.25, -0.2) is 0 Å². The molecule has 0 spiro atoms. The van der Waals surface area contributed by atoms with E-state index in [9.17, 15) is 9.90 Å². The summed E-state index contributed by atoms with van der Waals surface area (Å²) in [7, 11) is 1.89. The van der Waals surface area contributed by atoms with Gasteiger partial charge >= 0.3 is 0 Å². The van der Waals surface area contributed by atoms with Gasteiger partial charge in [0, 0.05) is 19.6 Å². The van der Waals surface area contributed by atoms with Crippen molar-refractivity contribution < 1.29 is 9.90 Å². The quantitative estimate of drug-likeness (QED) is 0.770.